The smallest absolute Gasteiger partial charge is 0.0722 e. The van der Waals surface area contributed by atoms with Gasteiger partial charge in [0, 0.05) is 55.9 Å². The highest BCUT2D eigenvalue weighted by atomic mass is 16.5. The van der Waals surface area contributed by atoms with Gasteiger partial charge in [0.2, 0.25) is 0 Å². The van der Waals surface area contributed by atoms with Crippen molar-refractivity contribution >= 4 is 0 Å². The maximum Gasteiger partial charge on any atom is 0.0722 e. The number of aliphatic hydroxyl groups excluding tert-OH is 1. The van der Waals surface area contributed by atoms with Crippen LogP contribution in [0.4, 0.5) is 0 Å². The molecule has 0 aliphatic carbocycles. The van der Waals surface area contributed by atoms with Crippen LogP contribution in [-0.2, 0) is 23.7 Å². The highest BCUT2D eigenvalue weighted by Gasteiger charge is 2.34. The summed E-state index contributed by atoms with van der Waals surface area (Å²) in [5, 5.41) is 17.4. The molecule has 1 fully saturated rings. The van der Waals surface area contributed by atoms with E-state index in [2.05, 4.69) is 37.4 Å². The second kappa shape index (κ2) is 6.46. The monoisotopic (exact) mass is 295 g/mol. The molecule has 120 valence electrons. The van der Waals surface area contributed by atoms with Crippen LogP contribution in [0, 0.1) is 5.41 Å². The number of rotatable bonds is 6. The molecule has 2 rings (SSSR count). The van der Waals surface area contributed by atoms with Gasteiger partial charge >= 0.3 is 0 Å². The first-order valence-electron chi connectivity index (χ1n) is 7.79. The van der Waals surface area contributed by atoms with Gasteiger partial charge in [0.15, 0.2) is 0 Å². The number of nitrogens with zero attached hydrogens (tertiary/aromatic N) is 2. The number of ether oxygens (including phenoxy) is 1. The second-order valence-electron chi connectivity index (χ2n) is 7.31. The highest BCUT2D eigenvalue weighted by Crippen LogP contribution is 2.31. The lowest BCUT2D eigenvalue weighted by molar-refractivity contribution is 0.124. The van der Waals surface area contributed by atoms with Gasteiger partial charge in [-0.25, -0.2) is 0 Å². The molecule has 0 radical (unpaired) electrons. The summed E-state index contributed by atoms with van der Waals surface area (Å²) < 4.78 is 7.42. The molecule has 5 heteroatoms. The molecule has 1 saturated heterocycles. The van der Waals surface area contributed by atoms with Crippen LogP contribution in [-0.4, -0.2) is 41.3 Å². The maximum absolute atomic E-state index is 9.27. The third-order valence-corrected chi connectivity index (χ3v) is 4.26. The molecule has 2 heterocycles. The molecule has 0 aromatic carbocycles. The molecule has 0 saturated carbocycles. The van der Waals surface area contributed by atoms with E-state index in [1.807, 2.05) is 11.7 Å². The summed E-state index contributed by atoms with van der Waals surface area (Å²) >= 11 is 0. The first kappa shape index (κ1) is 16.5. The lowest BCUT2D eigenvalue weighted by Gasteiger charge is -2.27. The van der Waals surface area contributed by atoms with Crippen molar-refractivity contribution in [3.63, 3.8) is 0 Å². The lowest BCUT2D eigenvalue weighted by atomic mass is 9.84. The normalized spacial score (nSPS) is 22.9. The first-order chi connectivity index (χ1) is 9.86. The minimum Gasteiger partial charge on any atom is -0.396 e. The van der Waals surface area contributed by atoms with Crippen molar-refractivity contribution in [1.82, 2.24) is 15.1 Å². The molecule has 1 aliphatic heterocycles. The van der Waals surface area contributed by atoms with Crippen molar-refractivity contribution in [3.8, 4) is 0 Å². The van der Waals surface area contributed by atoms with E-state index in [0.29, 0.717) is 0 Å². The zero-order valence-electron chi connectivity index (χ0n) is 13.8. The van der Waals surface area contributed by atoms with E-state index in [0.717, 1.165) is 44.8 Å². The molecule has 21 heavy (non-hydrogen) atoms. The Labute approximate surface area is 127 Å². The number of aliphatic hydroxyl groups is 1. The average molecular weight is 295 g/mol. The van der Waals surface area contributed by atoms with Crippen LogP contribution in [0.15, 0.2) is 6.20 Å². The second-order valence-corrected chi connectivity index (χ2v) is 7.31. The van der Waals surface area contributed by atoms with Gasteiger partial charge in [-0.2, -0.15) is 5.10 Å². The van der Waals surface area contributed by atoms with Crippen molar-refractivity contribution < 1.29 is 9.84 Å². The molecule has 1 atom stereocenters. The van der Waals surface area contributed by atoms with E-state index in [1.54, 1.807) is 0 Å². The summed E-state index contributed by atoms with van der Waals surface area (Å²) in [7, 11) is 1.97. The number of hydrogen-bond acceptors (Lipinski definition) is 4. The maximum atomic E-state index is 9.27. The van der Waals surface area contributed by atoms with Crippen molar-refractivity contribution in [2.75, 3.05) is 26.4 Å². The number of hydrogen-bond donors (Lipinski definition) is 2. The molecule has 0 bridgehead atoms. The Morgan fingerprint density at radius 2 is 2.24 bits per heavy atom. The Balaban J connectivity index is 1.97. The summed E-state index contributed by atoms with van der Waals surface area (Å²) in [6.45, 7) is 10.1. The van der Waals surface area contributed by atoms with Crippen molar-refractivity contribution in [2.45, 2.75) is 45.6 Å². The predicted molar refractivity (Wildman–Crippen MR) is 83.2 cm³/mol. The largest absolute Gasteiger partial charge is 0.396 e. The van der Waals surface area contributed by atoms with E-state index in [1.165, 1.54) is 5.56 Å². The Kier molecular flexibility index (Phi) is 5.07. The van der Waals surface area contributed by atoms with Crippen LogP contribution in [0.3, 0.4) is 0 Å². The van der Waals surface area contributed by atoms with Gasteiger partial charge < -0.3 is 15.2 Å². The van der Waals surface area contributed by atoms with Crippen LogP contribution in [0.25, 0.3) is 0 Å². The van der Waals surface area contributed by atoms with Crippen LogP contribution < -0.4 is 5.32 Å². The lowest BCUT2D eigenvalue weighted by Crippen LogP contribution is -2.35. The van der Waals surface area contributed by atoms with E-state index in [-0.39, 0.29) is 17.4 Å². The Morgan fingerprint density at radius 1 is 1.48 bits per heavy atom. The van der Waals surface area contributed by atoms with Crippen LogP contribution >= 0.6 is 0 Å². The quantitative estimate of drug-likeness (QED) is 0.837. The van der Waals surface area contributed by atoms with Gasteiger partial charge in [0.25, 0.3) is 0 Å². The summed E-state index contributed by atoms with van der Waals surface area (Å²) in [5.74, 6) is 0. The Morgan fingerprint density at radius 3 is 2.81 bits per heavy atom. The molecule has 0 spiro atoms. The molecular formula is C16H29N3O2. The molecule has 1 aromatic heterocycles. The zero-order valence-corrected chi connectivity index (χ0v) is 13.8. The average Bonchev–Trinajstić information content (AvgIpc) is 2.97. The van der Waals surface area contributed by atoms with E-state index in [4.69, 9.17) is 4.74 Å². The third kappa shape index (κ3) is 4.05. The van der Waals surface area contributed by atoms with Crippen molar-refractivity contribution in [2.24, 2.45) is 12.5 Å². The van der Waals surface area contributed by atoms with E-state index >= 15 is 0 Å². The van der Waals surface area contributed by atoms with Gasteiger partial charge in [-0.1, -0.05) is 20.8 Å². The predicted octanol–water partition coefficient (Wildman–Crippen LogP) is 1.60. The zero-order chi connectivity index (χ0) is 15.5. The summed E-state index contributed by atoms with van der Waals surface area (Å²) in [6, 6.07) is 0. The fourth-order valence-electron chi connectivity index (χ4n) is 3.07. The Hall–Kier alpha value is -0.910. The van der Waals surface area contributed by atoms with Crippen LogP contribution in [0.5, 0.6) is 0 Å². The topological polar surface area (TPSA) is 59.3 Å². The van der Waals surface area contributed by atoms with Gasteiger partial charge in [-0.15, -0.1) is 0 Å². The molecule has 1 unspecified atom stereocenters. The first-order valence-corrected chi connectivity index (χ1v) is 7.79. The fraction of sp³-hybridized carbons (Fsp3) is 0.812. The third-order valence-electron chi connectivity index (χ3n) is 4.26. The molecule has 5 nitrogen and oxygen atoms in total. The standard InChI is InChI=1S/C16H29N3O2/c1-15(2,3)14-13(10-19(4)18-14)9-17-11-16(5-7-20)6-8-21-12-16/h10,17,20H,5-9,11-12H2,1-4H3. The molecule has 1 aliphatic rings. The SMILES string of the molecule is Cn1cc(CNCC2(CCO)CCOC2)c(C(C)(C)C)n1. The summed E-state index contributed by atoms with van der Waals surface area (Å²) in [5.41, 5.74) is 2.55. The van der Waals surface area contributed by atoms with Crippen LogP contribution in [0.1, 0.15) is 44.9 Å². The van der Waals surface area contributed by atoms with Crippen LogP contribution in [0.2, 0.25) is 0 Å². The van der Waals surface area contributed by atoms with Crippen molar-refractivity contribution in [3.05, 3.63) is 17.5 Å². The fourth-order valence-corrected chi connectivity index (χ4v) is 3.07. The van der Waals surface area contributed by atoms with Gasteiger partial charge in [0.05, 0.1) is 12.3 Å². The van der Waals surface area contributed by atoms with E-state index in [9.17, 15) is 5.11 Å². The number of nitrogens with one attached hydrogen (secondary N) is 1. The Bertz CT molecular complexity index is 457. The van der Waals surface area contributed by atoms with Gasteiger partial charge in [-0.3, -0.25) is 4.68 Å². The summed E-state index contributed by atoms with van der Waals surface area (Å²) in [4.78, 5) is 0. The van der Waals surface area contributed by atoms with Gasteiger partial charge in [-0.05, 0) is 12.8 Å². The molecule has 0 amide bonds. The number of aryl methyl sites for hydroxylation is 1. The molecule has 2 N–H and O–H groups in total. The molecular weight excluding hydrogens is 266 g/mol. The summed E-state index contributed by atoms with van der Waals surface area (Å²) in [6.07, 6.45) is 3.93. The van der Waals surface area contributed by atoms with E-state index < -0.39 is 0 Å². The van der Waals surface area contributed by atoms with Gasteiger partial charge in [0.1, 0.15) is 0 Å². The molecule has 1 aromatic rings. The minimum absolute atomic E-state index is 0.0531. The number of aromatic nitrogens is 2. The minimum atomic E-state index is 0.0531. The highest BCUT2D eigenvalue weighted by molar-refractivity contribution is 5.23. The van der Waals surface area contributed by atoms with Crippen molar-refractivity contribution in [1.29, 1.82) is 0 Å².